The van der Waals surface area contributed by atoms with Gasteiger partial charge in [-0.15, -0.1) is 11.3 Å². The Morgan fingerprint density at radius 1 is 1.56 bits per heavy atom. The van der Waals surface area contributed by atoms with Crippen molar-refractivity contribution in [3.05, 3.63) is 38.8 Å². The number of carbonyl (C=O) groups is 1. The molecule has 2 rings (SSSR count). The number of hydrogen-bond acceptors (Lipinski definition) is 3. The summed E-state index contributed by atoms with van der Waals surface area (Å²) in [6.07, 6.45) is 5.04. The van der Waals surface area contributed by atoms with Gasteiger partial charge in [0.15, 0.2) is 5.78 Å². The predicted molar refractivity (Wildman–Crippen MR) is 67.9 cm³/mol. The van der Waals surface area contributed by atoms with Gasteiger partial charge >= 0.3 is 0 Å². The summed E-state index contributed by atoms with van der Waals surface area (Å²) in [6, 6.07) is 3.77. The molecule has 0 aliphatic carbocycles. The van der Waals surface area contributed by atoms with E-state index in [0.717, 1.165) is 20.6 Å². The van der Waals surface area contributed by atoms with E-state index >= 15 is 0 Å². The number of thiophene rings is 1. The minimum absolute atomic E-state index is 0.194. The first-order valence-electron chi connectivity index (χ1n) is 4.91. The van der Waals surface area contributed by atoms with Gasteiger partial charge in [0, 0.05) is 19.7 Å². The highest BCUT2D eigenvalue weighted by atomic mass is 79.9. The number of aromatic nitrogens is 2. The Kier molecular flexibility index (Phi) is 3.56. The maximum absolute atomic E-state index is 11.8. The molecule has 0 bridgehead atoms. The van der Waals surface area contributed by atoms with Crippen molar-refractivity contribution in [2.24, 2.45) is 7.05 Å². The zero-order valence-electron chi connectivity index (χ0n) is 8.81. The van der Waals surface area contributed by atoms with E-state index in [9.17, 15) is 4.79 Å². The molecule has 0 spiro atoms. The van der Waals surface area contributed by atoms with E-state index in [4.69, 9.17) is 0 Å². The molecule has 0 radical (unpaired) electrons. The van der Waals surface area contributed by atoms with Crippen LogP contribution in [-0.4, -0.2) is 15.6 Å². The smallest absolute Gasteiger partial charge is 0.173 e. The summed E-state index contributed by atoms with van der Waals surface area (Å²) in [5.41, 5.74) is 1.10. The molecule has 5 heteroatoms. The Hall–Kier alpha value is -0.940. The molecule has 2 heterocycles. The Morgan fingerprint density at radius 3 is 2.94 bits per heavy atom. The normalized spacial score (nSPS) is 10.6. The Balaban J connectivity index is 1.93. The van der Waals surface area contributed by atoms with Crippen LogP contribution in [0.2, 0.25) is 0 Å². The largest absolute Gasteiger partial charge is 0.293 e. The van der Waals surface area contributed by atoms with Crippen LogP contribution in [0.25, 0.3) is 0 Å². The topological polar surface area (TPSA) is 34.9 Å². The second-order valence-electron chi connectivity index (χ2n) is 3.55. The molecule has 0 fully saturated rings. The van der Waals surface area contributed by atoms with Crippen LogP contribution in [0.4, 0.5) is 0 Å². The second kappa shape index (κ2) is 4.93. The number of hydrogen-bond donors (Lipinski definition) is 0. The molecule has 0 N–H and O–H groups in total. The third-order valence-corrected chi connectivity index (χ3v) is 3.91. The van der Waals surface area contributed by atoms with Gasteiger partial charge in [-0.05, 0) is 40.0 Å². The van der Waals surface area contributed by atoms with Crippen molar-refractivity contribution in [1.29, 1.82) is 0 Å². The number of aryl methyl sites for hydroxylation is 2. The van der Waals surface area contributed by atoms with Crippen molar-refractivity contribution in [2.75, 3.05) is 0 Å². The van der Waals surface area contributed by atoms with E-state index in [-0.39, 0.29) is 5.78 Å². The highest BCUT2D eigenvalue weighted by Gasteiger charge is 2.09. The van der Waals surface area contributed by atoms with E-state index < -0.39 is 0 Å². The highest BCUT2D eigenvalue weighted by molar-refractivity contribution is 9.11. The van der Waals surface area contributed by atoms with Crippen molar-refractivity contribution in [3.8, 4) is 0 Å². The molecule has 0 aromatic carbocycles. The minimum Gasteiger partial charge on any atom is -0.293 e. The first kappa shape index (κ1) is 11.5. The molecular weight excluding hydrogens is 288 g/mol. The standard InChI is InChI=1S/C11H11BrN2OS/c1-14-7-8(6-13-14)2-3-9(15)10-4-5-11(12)16-10/h4-7H,2-3H2,1H3. The Bertz CT molecular complexity index is 504. The van der Waals surface area contributed by atoms with Crippen LogP contribution in [0.1, 0.15) is 21.7 Å². The summed E-state index contributed by atoms with van der Waals surface area (Å²) in [5.74, 6) is 0.194. The highest BCUT2D eigenvalue weighted by Crippen LogP contribution is 2.23. The van der Waals surface area contributed by atoms with Crippen LogP contribution in [0.15, 0.2) is 28.3 Å². The van der Waals surface area contributed by atoms with E-state index in [1.807, 2.05) is 25.4 Å². The number of rotatable bonds is 4. The number of ketones is 1. The molecule has 2 aromatic rings. The lowest BCUT2D eigenvalue weighted by molar-refractivity contribution is 0.0987. The fourth-order valence-electron chi connectivity index (χ4n) is 1.45. The van der Waals surface area contributed by atoms with Crippen molar-refractivity contribution in [1.82, 2.24) is 9.78 Å². The summed E-state index contributed by atoms with van der Waals surface area (Å²) >= 11 is 4.84. The monoisotopic (exact) mass is 298 g/mol. The van der Waals surface area contributed by atoms with Gasteiger partial charge in [0.05, 0.1) is 14.9 Å². The zero-order chi connectivity index (χ0) is 11.5. The SMILES string of the molecule is Cn1cc(CCC(=O)c2ccc(Br)s2)cn1. The fourth-order valence-corrected chi connectivity index (χ4v) is 2.80. The summed E-state index contributed by atoms with van der Waals surface area (Å²) in [7, 11) is 1.88. The lowest BCUT2D eigenvalue weighted by Crippen LogP contribution is -1.97. The van der Waals surface area contributed by atoms with Crippen LogP contribution >= 0.6 is 27.3 Å². The van der Waals surface area contributed by atoms with Crippen molar-refractivity contribution < 1.29 is 4.79 Å². The number of carbonyl (C=O) groups excluding carboxylic acids is 1. The number of halogens is 1. The third-order valence-electron chi connectivity index (χ3n) is 2.25. The summed E-state index contributed by atoms with van der Waals surface area (Å²) < 4.78 is 2.75. The Morgan fingerprint density at radius 2 is 2.38 bits per heavy atom. The first-order chi connectivity index (χ1) is 7.65. The molecule has 0 unspecified atom stereocenters. The van der Waals surface area contributed by atoms with Gasteiger partial charge in [-0.25, -0.2) is 0 Å². The van der Waals surface area contributed by atoms with Gasteiger partial charge in [0.1, 0.15) is 0 Å². The fraction of sp³-hybridized carbons (Fsp3) is 0.273. The molecule has 2 aromatic heterocycles. The third kappa shape index (κ3) is 2.80. The van der Waals surface area contributed by atoms with Crippen LogP contribution < -0.4 is 0 Å². The molecule has 0 atom stereocenters. The molecule has 3 nitrogen and oxygen atoms in total. The Labute approximate surface area is 106 Å². The summed E-state index contributed by atoms with van der Waals surface area (Å²) in [6.45, 7) is 0. The molecular formula is C11H11BrN2OS. The summed E-state index contributed by atoms with van der Waals surface area (Å²) in [4.78, 5) is 12.6. The number of Topliss-reactive ketones (excluding diaryl/α,β-unsaturated/α-hetero) is 1. The summed E-state index contributed by atoms with van der Waals surface area (Å²) in [5, 5.41) is 4.07. The van der Waals surface area contributed by atoms with Crippen LogP contribution in [-0.2, 0) is 13.5 Å². The van der Waals surface area contributed by atoms with E-state index in [0.29, 0.717) is 6.42 Å². The first-order valence-corrected chi connectivity index (χ1v) is 6.52. The molecule has 0 aliphatic heterocycles. The lowest BCUT2D eigenvalue weighted by atomic mass is 10.1. The van der Waals surface area contributed by atoms with Crippen LogP contribution in [0.5, 0.6) is 0 Å². The lowest BCUT2D eigenvalue weighted by Gasteiger charge is -1.95. The minimum atomic E-state index is 0.194. The van der Waals surface area contributed by atoms with Gasteiger partial charge in [-0.1, -0.05) is 0 Å². The van der Waals surface area contributed by atoms with Gasteiger partial charge in [0.25, 0.3) is 0 Å². The number of nitrogens with zero attached hydrogens (tertiary/aromatic N) is 2. The van der Waals surface area contributed by atoms with E-state index in [2.05, 4.69) is 21.0 Å². The van der Waals surface area contributed by atoms with Gasteiger partial charge in [-0.2, -0.15) is 5.10 Å². The van der Waals surface area contributed by atoms with Crippen molar-refractivity contribution in [3.63, 3.8) is 0 Å². The molecule has 0 amide bonds. The van der Waals surface area contributed by atoms with Crippen molar-refractivity contribution in [2.45, 2.75) is 12.8 Å². The predicted octanol–water partition coefficient (Wildman–Crippen LogP) is 3.06. The molecule has 0 saturated carbocycles. The van der Waals surface area contributed by atoms with E-state index in [1.165, 1.54) is 11.3 Å². The molecule has 84 valence electrons. The molecule has 0 saturated heterocycles. The van der Waals surface area contributed by atoms with Gasteiger partial charge in [0.2, 0.25) is 0 Å². The van der Waals surface area contributed by atoms with Gasteiger partial charge in [-0.3, -0.25) is 9.48 Å². The maximum atomic E-state index is 11.8. The van der Waals surface area contributed by atoms with Gasteiger partial charge < -0.3 is 0 Å². The van der Waals surface area contributed by atoms with Crippen LogP contribution in [0.3, 0.4) is 0 Å². The average molecular weight is 299 g/mol. The molecule has 0 aliphatic rings. The van der Waals surface area contributed by atoms with E-state index in [1.54, 1.807) is 10.9 Å². The average Bonchev–Trinajstić information content (AvgIpc) is 2.84. The zero-order valence-corrected chi connectivity index (χ0v) is 11.2. The van der Waals surface area contributed by atoms with Crippen LogP contribution in [0, 0.1) is 0 Å². The maximum Gasteiger partial charge on any atom is 0.173 e. The van der Waals surface area contributed by atoms with Crippen molar-refractivity contribution >= 4 is 33.0 Å². The molecule has 16 heavy (non-hydrogen) atoms. The second-order valence-corrected chi connectivity index (χ2v) is 6.01. The quantitative estimate of drug-likeness (QED) is 0.813.